The second kappa shape index (κ2) is 7.79. The third-order valence-corrected chi connectivity index (χ3v) is 4.25. The number of nitrogens with one attached hydrogen (secondary N) is 1. The molecule has 1 heterocycles. The van der Waals surface area contributed by atoms with Crippen LogP contribution in [0.1, 0.15) is 36.2 Å². The largest absolute Gasteiger partial charge is 0.308 e. The van der Waals surface area contributed by atoms with Gasteiger partial charge in [-0.05, 0) is 55.6 Å². The zero-order valence-corrected chi connectivity index (χ0v) is 13.9. The van der Waals surface area contributed by atoms with Gasteiger partial charge < -0.3 is 5.32 Å². The lowest BCUT2D eigenvalue weighted by Crippen LogP contribution is -2.25. The van der Waals surface area contributed by atoms with E-state index in [-0.39, 0.29) is 6.04 Å². The van der Waals surface area contributed by atoms with Gasteiger partial charge in [0, 0.05) is 6.20 Å². The van der Waals surface area contributed by atoms with Crippen molar-refractivity contribution in [2.75, 3.05) is 6.54 Å². The molecular weight excluding hydrogens is 303 g/mol. The third-order valence-electron chi connectivity index (χ3n) is 3.39. The highest BCUT2D eigenvalue weighted by molar-refractivity contribution is 6.42. The fourth-order valence-corrected chi connectivity index (χ4v) is 2.67. The highest BCUT2D eigenvalue weighted by Gasteiger charge is 2.15. The Morgan fingerprint density at radius 3 is 2.76 bits per heavy atom. The molecule has 2 rings (SSSR count). The lowest BCUT2D eigenvalue weighted by molar-refractivity contribution is 0.517. The van der Waals surface area contributed by atoms with Crippen LogP contribution in [0.15, 0.2) is 36.5 Å². The summed E-state index contributed by atoms with van der Waals surface area (Å²) in [5, 5.41) is 4.78. The van der Waals surface area contributed by atoms with Crippen LogP contribution >= 0.6 is 23.2 Å². The molecule has 1 N–H and O–H groups in total. The van der Waals surface area contributed by atoms with Gasteiger partial charge in [0.15, 0.2) is 0 Å². The van der Waals surface area contributed by atoms with Crippen molar-refractivity contribution in [3.8, 4) is 0 Å². The summed E-state index contributed by atoms with van der Waals surface area (Å²) in [6.45, 7) is 5.17. The lowest BCUT2D eigenvalue weighted by Gasteiger charge is -2.19. The lowest BCUT2D eigenvalue weighted by atomic mass is 10.0. The molecule has 0 aliphatic heterocycles. The van der Waals surface area contributed by atoms with Crippen LogP contribution in [-0.2, 0) is 6.42 Å². The van der Waals surface area contributed by atoms with Crippen LogP contribution in [-0.4, -0.2) is 11.5 Å². The summed E-state index contributed by atoms with van der Waals surface area (Å²) in [7, 11) is 0. The predicted molar refractivity (Wildman–Crippen MR) is 90.2 cm³/mol. The fourth-order valence-electron chi connectivity index (χ4n) is 2.28. The molecule has 0 radical (unpaired) electrons. The van der Waals surface area contributed by atoms with Crippen molar-refractivity contribution in [3.05, 3.63) is 63.4 Å². The Bertz CT molecular complexity index is 599. The molecule has 1 aromatic heterocycles. The van der Waals surface area contributed by atoms with Gasteiger partial charge in [-0.25, -0.2) is 0 Å². The molecule has 0 fully saturated rings. The summed E-state index contributed by atoms with van der Waals surface area (Å²) < 4.78 is 0. The molecule has 0 amide bonds. The monoisotopic (exact) mass is 322 g/mol. The van der Waals surface area contributed by atoms with E-state index in [1.165, 1.54) is 5.56 Å². The first-order valence-corrected chi connectivity index (χ1v) is 7.96. The number of hydrogen-bond acceptors (Lipinski definition) is 2. The van der Waals surface area contributed by atoms with Crippen LogP contribution < -0.4 is 5.32 Å². The van der Waals surface area contributed by atoms with Gasteiger partial charge in [0.2, 0.25) is 0 Å². The van der Waals surface area contributed by atoms with E-state index in [0.29, 0.717) is 10.0 Å². The molecule has 0 spiro atoms. The van der Waals surface area contributed by atoms with Crippen LogP contribution in [0, 0.1) is 6.92 Å². The molecule has 1 aromatic carbocycles. The number of hydrogen-bond donors (Lipinski definition) is 1. The van der Waals surface area contributed by atoms with E-state index in [9.17, 15) is 0 Å². The predicted octanol–water partition coefficient (Wildman–Crippen LogP) is 4.98. The van der Waals surface area contributed by atoms with Crippen molar-refractivity contribution in [1.29, 1.82) is 0 Å². The first-order valence-electron chi connectivity index (χ1n) is 7.20. The minimum Gasteiger partial charge on any atom is -0.308 e. The molecule has 1 unspecified atom stereocenters. The van der Waals surface area contributed by atoms with Crippen LogP contribution in [0.3, 0.4) is 0 Å². The highest BCUT2D eigenvalue weighted by Crippen LogP contribution is 2.29. The number of benzene rings is 1. The summed E-state index contributed by atoms with van der Waals surface area (Å²) in [5.41, 5.74) is 3.29. The Hall–Kier alpha value is -1.09. The highest BCUT2D eigenvalue weighted by atomic mass is 35.5. The van der Waals surface area contributed by atoms with Gasteiger partial charge in [-0.15, -0.1) is 0 Å². The van der Waals surface area contributed by atoms with Gasteiger partial charge >= 0.3 is 0 Å². The maximum atomic E-state index is 6.31. The smallest absolute Gasteiger partial charge is 0.0625 e. The maximum absolute atomic E-state index is 6.31. The van der Waals surface area contributed by atoms with E-state index in [1.54, 1.807) is 0 Å². The van der Waals surface area contributed by atoms with Gasteiger partial charge in [0.05, 0.1) is 21.8 Å². The van der Waals surface area contributed by atoms with E-state index in [0.717, 1.165) is 30.6 Å². The Morgan fingerprint density at radius 2 is 2.05 bits per heavy atom. The minimum absolute atomic E-state index is 0.140. The van der Waals surface area contributed by atoms with Crippen LogP contribution in [0.2, 0.25) is 10.0 Å². The minimum atomic E-state index is 0.140. The quantitative estimate of drug-likeness (QED) is 0.811. The number of halogens is 2. The van der Waals surface area contributed by atoms with Crippen molar-refractivity contribution in [2.24, 2.45) is 0 Å². The van der Waals surface area contributed by atoms with Crippen molar-refractivity contribution < 1.29 is 0 Å². The van der Waals surface area contributed by atoms with E-state index in [1.807, 2.05) is 30.5 Å². The fraction of sp³-hybridized carbons (Fsp3) is 0.353. The van der Waals surface area contributed by atoms with Crippen molar-refractivity contribution in [1.82, 2.24) is 10.3 Å². The second-order valence-electron chi connectivity index (χ2n) is 5.18. The first kappa shape index (κ1) is 16.3. The third kappa shape index (κ3) is 4.44. The molecule has 2 aromatic rings. The molecular formula is C17H20Cl2N2. The number of pyridine rings is 1. The summed E-state index contributed by atoms with van der Waals surface area (Å²) in [5.74, 6) is 0. The molecule has 21 heavy (non-hydrogen) atoms. The molecule has 0 aliphatic carbocycles. The molecule has 0 saturated heterocycles. The van der Waals surface area contributed by atoms with E-state index in [4.69, 9.17) is 23.2 Å². The summed E-state index contributed by atoms with van der Waals surface area (Å²) in [4.78, 5) is 4.50. The van der Waals surface area contributed by atoms with Gasteiger partial charge in [-0.2, -0.15) is 0 Å². The average Bonchev–Trinajstić information content (AvgIpc) is 2.47. The Labute approximate surface area is 136 Å². The van der Waals surface area contributed by atoms with Crippen molar-refractivity contribution >= 4 is 23.2 Å². The SMILES string of the molecule is CCCNC(Cc1cccc(Cl)c1Cl)c1cc(C)ccn1. The Morgan fingerprint density at radius 1 is 1.24 bits per heavy atom. The van der Waals surface area contributed by atoms with Gasteiger partial charge in [-0.3, -0.25) is 4.98 Å². The van der Waals surface area contributed by atoms with Crippen LogP contribution in [0.25, 0.3) is 0 Å². The second-order valence-corrected chi connectivity index (χ2v) is 5.97. The zero-order valence-electron chi connectivity index (χ0n) is 12.4. The number of nitrogens with zero attached hydrogens (tertiary/aromatic N) is 1. The first-order chi connectivity index (χ1) is 10.1. The molecule has 0 aliphatic rings. The van der Waals surface area contributed by atoms with Crippen LogP contribution in [0.5, 0.6) is 0 Å². The summed E-state index contributed by atoms with van der Waals surface area (Å²) in [6, 6.07) is 10.0. The van der Waals surface area contributed by atoms with E-state index < -0.39 is 0 Å². The topological polar surface area (TPSA) is 24.9 Å². The molecule has 4 heteroatoms. The molecule has 0 bridgehead atoms. The van der Waals surface area contributed by atoms with Crippen molar-refractivity contribution in [3.63, 3.8) is 0 Å². The van der Waals surface area contributed by atoms with E-state index >= 15 is 0 Å². The number of aromatic nitrogens is 1. The summed E-state index contributed by atoms with van der Waals surface area (Å²) in [6.07, 6.45) is 3.70. The maximum Gasteiger partial charge on any atom is 0.0625 e. The Balaban J connectivity index is 2.26. The van der Waals surface area contributed by atoms with Gasteiger partial charge in [0.1, 0.15) is 0 Å². The molecule has 1 atom stereocenters. The standard InChI is InChI=1S/C17H20Cl2N2/c1-3-8-20-16(15-10-12(2)7-9-21-15)11-13-5-4-6-14(18)17(13)19/h4-7,9-10,16,20H,3,8,11H2,1-2H3. The molecule has 112 valence electrons. The van der Waals surface area contributed by atoms with Gasteiger partial charge in [0.25, 0.3) is 0 Å². The summed E-state index contributed by atoms with van der Waals surface area (Å²) >= 11 is 12.4. The van der Waals surface area contributed by atoms with Crippen molar-refractivity contribution in [2.45, 2.75) is 32.7 Å². The Kier molecular flexibility index (Phi) is 6.04. The average molecular weight is 323 g/mol. The van der Waals surface area contributed by atoms with Gasteiger partial charge in [-0.1, -0.05) is 42.3 Å². The zero-order chi connectivity index (χ0) is 15.2. The number of rotatable bonds is 6. The normalized spacial score (nSPS) is 12.4. The van der Waals surface area contributed by atoms with Crippen LogP contribution in [0.4, 0.5) is 0 Å². The molecule has 2 nitrogen and oxygen atoms in total. The van der Waals surface area contributed by atoms with E-state index in [2.05, 4.69) is 30.2 Å². The number of aryl methyl sites for hydroxylation is 1. The molecule has 0 saturated carbocycles.